The van der Waals surface area contributed by atoms with Gasteiger partial charge in [0, 0.05) is 22.0 Å². The monoisotopic (exact) mass is 544 g/mol. The van der Waals surface area contributed by atoms with Crippen LogP contribution in [0.2, 0.25) is 0 Å². The third-order valence-corrected chi connectivity index (χ3v) is 7.21. The Bertz CT molecular complexity index is 1380. The highest BCUT2D eigenvalue weighted by atomic mass is 79.9. The van der Waals surface area contributed by atoms with E-state index in [0.29, 0.717) is 51.9 Å². The number of nitrogens with one attached hydrogen (secondary N) is 3. The number of nitrogens with zero attached hydrogens (tertiary/aromatic N) is 1. The lowest BCUT2D eigenvalue weighted by Gasteiger charge is -2.14. The number of aryl methyl sites for hydroxylation is 1. The summed E-state index contributed by atoms with van der Waals surface area (Å²) in [5, 5.41) is 4.14. The van der Waals surface area contributed by atoms with E-state index in [1.807, 2.05) is 0 Å². The second-order valence-corrected chi connectivity index (χ2v) is 10.1. The fraction of sp³-hybridized carbons (Fsp3) is 0.174. The largest absolute Gasteiger partial charge is 0.455 e. The van der Waals surface area contributed by atoms with E-state index >= 15 is 0 Å². The molecule has 0 saturated carbocycles. The average molecular weight is 545 g/mol. The average Bonchev–Trinajstić information content (AvgIpc) is 3.19. The van der Waals surface area contributed by atoms with Gasteiger partial charge in [-0.2, -0.15) is 18.4 Å². The number of fused-ring (bicyclic) bond motifs is 1. The Balaban J connectivity index is 1.52. The zero-order valence-electron chi connectivity index (χ0n) is 18.1. The number of hydrazone groups is 1. The summed E-state index contributed by atoms with van der Waals surface area (Å²) in [7, 11) is -3.83. The SMILES string of the molecule is Cc1c(C(=O)NNC(=O)c2ccccc2Br)oc2c1/C(=N/NS(=O)(=O)c1ccccc1)CCC2. The molecule has 2 aromatic carbocycles. The Kier molecular flexibility index (Phi) is 6.85. The first kappa shape index (κ1) is 23.7. The molecular weight excluding hydrogens is 524 g/mol. The number of rotatable bonds is 5. The van der Waals surface area contributed by atoms with E-state index in [4.69, 9.17) is 4.42 Å². The normalized spacial score (nSPS) is 14.4. The second kappa shape index (κ2) is 9.82. The van der Waals surface area contributed by atoms with Crippen molar-refractivity contribution >= 4 is 43.5 Å². The number of amides is 2. The van der Waals surface area contributed by atoms with Gasteiger partial charge in [0.15, 0.2) is 5.76 Å². The molecule has 0 saturated heterocycles. The highest BCUT2D eigenvalue weighted by Gasteiger charge is 2.28. The Labute approximate surface area is 204 Å². The van der Waals surface area contributed by atoms with Gasteiger partial charge in [-0.25, -0.2) is 0 Å². The highest BCUT2D eigenvalue weighted by Crippen LogP contribution is 2.30. The smallest absolute Gasteiger partial charge is 0.305 e. The van der Waals surface area contributed by atoms with Crippen molar-refractivity contribution in [2.75, 3.05) is 0 Å². The predicted molar refractivity (Wildman–Crippen MR) is 129 cm³/mol. The van der Waals surface area contributed by atoms with E-state index < -0.39 is 21.8 Å². The lowest BCUT2D eigenvalue weighted by molar-refractivity contribution is 0.0829. The Hall–Kier alpha value is -3.44. The van der Waals surface area contributed by atoms with Crippen LogP contribution in [0.5, 0.6) is 0 Å². The lowest BCUT2D eigenvalue weighted by atomic mass is 9.93. The Morgan fingerprint density at radius 3 is 2.38 bits per heavy atom. The first-order valence-electron chi connectivity index (χ1n) is 10.4. The summed E-state index contributed by atoms with van der Waals surface area (Å²) < 4.78 is 31.4. The zero-order valence-corrected chi connectivity index (χ0v) is 20.5. The molecule has 4 rings (SSSR count). The van der Waals surface area contributed by atoms with Crippen molar-refractivity contribution in [1.29, 1.82) is 0 Å². The molecule has 1 aromatic heterocycles. The van der Waals surface area contributed by atoms with Crippen LogP contribution in [0.3, 0.4) is 0 Å². The summed E-state index contributed by atoms with van der Waals surface area (Å²) in [5.41, 5.74) is 6.69. The van der Waals surface area contributed by atoms with Crippen LogP contribution in [0.4, 0.5) is 0 Å². The van der Waals surface area contributed by atoms with Gasteiger partial charge < -0.3 is 4.42 Å². The number of furan rings is 1. The maximum Gasteiger partial charge on any atom is 0.305 e. The van der Waals surface area contributed by atoms with Gasteiger partial charge in [0.25, 0.3) is 15.9 Å². The van der Waals surface area contributed by atoms with E-state index in [2.05, 4.69) is 36.7 Å². The number of carbonyl (C=O) groups is 2. The molecule has 0 bridgehead atoms. The summed E-state index contributed by atoms with van der Waals surface area (Å²) in [6.45, 7) is 1.69. The van der Waals surface area contributed by atoms with E-state index in [-0.39, 0.29) is 10.7 Å². The summed E-state index contributed by atoms with van der Waals surface area (Å²) in [6.07, 6.45) is 1.79. The molecule has 34 heavy (non-hydrogen) atoms. The molecule has 9 nitrogen and oxygen atoms in total. The van der Waals surface area contributed by atoms with E-state index in [0.717, 1.165) is 0 Å². The van der Waals surface area contributed by atoms with Gasteiger partial charge in [0.1, 0.15) is 5.76 Å². The third-order valence-electron chi connectivity index (χ3n) is 5.29. The van der Waals surface area contributed by atoms with Gasteiger partial charge in [-0.1, -0.05) is 30.3 Å². The van der Waals surface area contributed by atoms with Crippen LogP contribution in [-0.2, 0) is 16.4 Å². The fourth-order valence-corrected chi connectivity index (χ4v) is 4.96. The number of halogens is 1. The molecule has 0 aliphatic heterocycles. The summed E-state index contributed by atoms with van der Waals surface area (Å²) in [5.74, 6) is -0.550. The number of hydrogen-bond donors (Lipinski definition) is 3. The Morgan fingerprint density at radius 1 is 0.971 bits per heavy atom. The van der Waals surface area contributed by atoms with Crippen LogP contribution in [0.15, 0.2) is 73.5 Å². The molecule has 1 aliphatic rings. The molecule has 3 aromatic rings. The standard InChI is InChI=1S/C23H21BrN4O5S/c1-14-20-18(25-28-34(31,32)15-8-3-2-4-9-15)12-7-13-19(20)33-21(14)23(30)27-26-22(29)16-10-5-6-11-17(16)24/h2-6,8-11,28H,7,12-13H2,1H3,(H,26,29)(H,27,30)/b25-18+. The van der Waals surface area contributed by atoms with Gasteiger partial charge in [-0.15, -0.1) is 0 Å². The molecule has 3 N–H and O–H groups in total. The molecule has 0 spiro atoms. The number of hydrazine groups is 1. The van der Waals surface area contributed by atoms with Gasteiger partial charge in [0.05, 0.1) is 16.2 Å². The Morgan fingerprint density at radius 2 is 1.65 bits per heavy atom. The van der Waals surface area contributed by atoms with Crippen molar-refractivity contribution in [3.05, 3.63) is 87.3 Å². The fourth-order valence-electron chi connectivity index (χ4n) is 3.65. The van der Waals surface area contributed by atoms with Crippen molar-refractivity contribution in [2.24, 2.45) is 5.10 Å². The van der Waals surface area contributed by atoms with Crippen molar-refractivity contribution in [2.45, 2.75) is 31.1 Å². The number of sulfonamides is 1. The molecule has 0 atom stereocenters. The van der Waals surface area contributed by atoms with Crippen molar-refractivity contribution < 1.29 is 22.4 Å². The molecule has 2 amide bonds. The van der Waals surface area contributed by atoms with Crippen LogP contribution < -0.4 is 15.7 Å². The van der Waals surface area contributed by atoms with Crippen LogP contribution in [-0.4, -0.2) is 25.9 Å². The van der Waals surface area contributed by atoms with Crippen molar-refractivity contribution in [3.8, 4) is 0 Å². The molecular formula is C23H21BrN4O5S. The van der Waals surface area contributed by atoms with E-state index in [9.17, 15) is 18.0 Å². The molecule has 0 radical (unpaired) electrons. The molecule has 0 fully saturated rings. The molecule has 1 heterocycles. The van der Waals surface area contributed by atoms with Crippen molar-refractivity contribution in [3.63, 3.8) is 0 Å². The summed E-state index contributed by atoms with van der Waals surface area (Å²) >= 11 is 3.29. The topological polar surface area (TPSA) is 130 Å². The van der Waals surface area contributed by atoms with Crippen molar-refractivity contribution in [1.82, 2.24) is 15.7 Å². The minimum Gasteiger partial charge on any atom is -0.455 e. The van der Waals surface area contributed by atoms with Gasteiger partial charge >= 0.3 is 5.91 Å². The van der Waals surface area contributed by atoms with E-state index in [1.54, 1.807) is 49.4 Å². The minimum atomic E-state index is -3.83. The predicted octanol–water partition coefficient (Wildman–Crippen LogP) is 3.44. The molecule has 176 valence electrons. The third kappa shape index (κ3) is 4.90. The minimum absolute atomic E-state index is 0.0259. The lowest BCUT2D eigenvalue weighted by Crippen LogP contribution is -2.41. The van der Waals surface area contributed by atoms with Gasteiger partial charge in [-0.3, -0.25) is 20.4 Å². The molecule has 11 heteroatoms. The first-order chi connectivity index (χ1) is 16.3. The van der Waals surface area contributed by atoms with Crippen LogP contribution in [0, 0.1) is 6.92 Å². The number of benzene rings is 2. The quantitative estimate of drug-likeness (QED) is 0.423. The maximum absolute atomic E-state index is 12.7. The van der Waals surface area contributed by atoms with Crippen LogP contribution in [0.1, 0.15) is 50.6 Å². The summed E-state index contributed by atoms with van der Waals surface area (Å²) in [4.78, 5) is 27.5. The summed E-state index contributed by atoms with van der Waals surface area (Å²) in [6, 6.07) is 14.7. The number of carbonyl (C=O) groups excluding carboxylic acids is 2. The molecule has 1 aliphatic carbocycles. The first-order valence-corrected chi connectivity index (χ1v) is 12.7. The zero-order chi connectivity index (χ0) is 24.3. The maximum atomic E-state index is 12.7. The second-order valence-electron chi connectivity index (χ2n) is 7.56. The van der Waals surface area contributed by atoms with Gasteiger partial charge in [-0.05, 0) is 60.0 Å². The highest BCUT2D eigenvalue weighted by molar-refractivity contribution is 9.10. The van der Waals surface area contributed by atoms with Crippen LogP contribution in [0.25, 0.3) is 0 Å². The number of hydrogen-bond acceptors (Lipinski definition) is 6. The van der Waals surface area contributed by atoms with Gasteiger partial charge in [0.2, 0.25) is 0 Å². The molecule has 0 unspecified atom stereocenters. The van der Waals surface area contributed by atoms with Crippen LogP contribution >= 0.6 is 15.9 Å². The van der Waals surface area contributed by atoms with E-state index in [1.165, 1.54) is 12.1 Å².